The summed E-state index contributed by atoms with van der Waals surface area (Å²) in [6.45, 7) is 6.57. The summed E-state index contributed by atoms with van der Waals surface area (Å²) >= 11 is 0. The highest BCUT2D eigenvalue weighted by molar-refractivity contribution is 5.89. The van der Waals surface area contributed by atoms with E-state index in [1.165, 1.54) is 0 Å². The lowest BCUT2D eigenvalue weighted by molar-refractivity contribution is 0.0359. The van der Waals surface area contributed by atoms with E-state index in [0.717, 1.165) is 22.8 Å². The van der Waals surface area contributed by atoms with Gasteiger partial charge in [0.25, 0.3) is 0 Å². The minimum Gasteiger partial charge on any atom is -0.497 e. The van der Waals surface area contributed by atoms with Gasteiger partial charge in [-0.2, -0.15) is 0 Å². The molecule has 0 unspecified atom stereocenters. The van der Waals surface area contributed by atoms with Gasteiger partial charge in [-0.15, -0.1) is 5.10 Å². The average Bonchev–Trinajstić information content (AvgIpc) is 3.42. The van der Waals surface area contributed by atoms with Crippen molar-refractivity contribution in [1.82, 2.24) is 24.5 Å². The van der Waals surface area contributed by atoms with Crippen LogP contribution in [-0.4, -0.2) is 44.2 Å². The van der Waals surface area contributed by atoms with Crippen molar-refractivity contribution in [1.29, 1.82) is 0 Å². The van der Waals surface area contributed by atoms with Gasteiger partial charge in [0.1, 0.15) is 30.1 Å². The molecule has 5 rings (SSSR count). The number of carbonyl (C=O) groups excluding carboxylic acids is 1. The Bertz CT molecular complexity index is 1370. The maximum Gasteiger partial charge on any atom is 0.358 e. The smallest absolute Gasteiger partial charge is 0.358 e. The van der Waals surface area contributed by atoms with Gasteiger partial charge in [0.15, 0.2) is 5.69 Å². The van der Waals surface area contributed by atoms with Gasteiger partial charge in [-0.25, -0.2) is 14.5 Å². The molecule has 35 heavy (non-hydrogen) atoms. The molecule has 0 N–H and O–H groups in total. The first-order chi connectivity index (χ1) is 16.8. The van der Waals surface area contributed by atoms with Crippen molar-refractivity contribution in [2.24, 2.45) is 5.41 Å². The molecule has 180 valence electrons. The molecule has 0 atom stereocenters. The van der Waals surface area contributed by atoms with Crippen LogP contribution in [0.4, 0.5) is 0 Å². The summed E-state index contributed by atoms with van der Waals surface area (Å²) in [4.78, 5) is 17.5. The maximum absolute atomic E-state index is 13.0. The van der Waals surface area contributed by atoms with Crippen LogP contribution >= 0.6 is 0 Å². The van der Waals surface area contributed by atoms with E-state index in [1.54, 1.807) is 18.1 Å². The molecule has 0 fully saturated rings. The fourth-order valence-electron chi connectivity index (χ4n) is 3.92. The Labute approximate surface area is 203 Å². The Morgan fingerprint density at radius 3 is 2.57 bits per heavy atom. The molecule has 9 heteroatoms. The number of carbonyl (C=O) groups is 1. The van der Waals surface area contributed by atoms with Gasteiger partial charge in [0.2, 0.25) is 0 Å². The van der Waals surface area contributed by atoms with Gasteiger partial charge in [-0.1, -0.05) is 44.2 Å². The number of hydrogen-bond acceptors (Lipinski definition) is 7. The van der Waals surface area contributed by atoms with Crippen LogP contribution in [-0.2, 0) is 17.8 Å². The molecule has 0 saturated heterocycles. The van der Waals surface area contributed by atoms with Crippen molar-refractivity contribution in [2.45, 2.75) is 33.8 Å². The van der Waals surface area contributed by atoms with Gasteiger partial charge < -0.3 is 14.2 Å². The SMILES string of the molecule is COc1ccc2c(c1)-n1nnc(COc3ccccc3)c1Cc1c(C(=O)OCC(C)(C)C)ncn1-2. The fourth-order valence-corrected chi connectivity index (χ4v) is 3.92. The van der Waals surface area contributed by atoms with E-state index in [-0.39, 0.29) is 17.7 Å². The second-order valence-electron chi connectivity index (χ2n) is 9.57. The number of benzene rings is 2. The van der Waals surface area contributed by atoms with E-state index in [9.17, 15) is 4.79 Å². The molecule has 1 aliphatic rings. The minimum atomic E-state index is -0.452. The van der Waals surface area contributed by atoms with Crippen molar-refractivity contribution in [3.8, 4) is 22.9 Å². The lowest BCUT2D eigenvalue weighted by Gasteiger charge is -2.17. The minimum absolute atomic E-state index is 0.153. The van der Waals surface area contributed by atoms with Crippen molar-refractivity contribution in [2.75, 3.05) is 13.7 Å². The van der Waals surface area contributed by atoms with Crippen LogP contribution < -0.4 is 9.47 Å². The Morgan fingerprint density at radius 2 is 1.83 bits per heavy atom. The number of nitrogens with zero attached hydrogens (tertiary/aromatic N) is 5. The summed E-state index contributed by atoms with van der Waals surface area (Å²) in [7, 11) is 1.62. The molecule has 1 aliphatic heterocycles. The zero-order valence-corrected chi connectivity index (χ0v) is 20.2. The second kappa shape index (κ2) is 8.90. The maximum atomic E-state index is 13.0. The van der Waals surface area contributed by atoms with Crippen molar-refractivity contribution >= 4 is 5.97 Å². The number of esters is 1. The number of ether oxygens (including phenoxy) is 3. The van der Waals surface area contributed by atoms with Gasteiger partial charge in [-0.3, -0.25) is 4.57 Å². The van der Waals surface area contributed by atoms with Crippen LogP contribution in [0.2, 0.25) is 0 Å². The summed E-state index contributed by atoms with van der Waals surface area (Å²) in [5.41, 5.74) is 3.88. The zero-order chi connectivity index (χ0) is 24.6. The number of aromatic nitrogens is 5. The van der Waals surface area contributed by atoms with Gasteiger partial charge in [0.05, 0.1) is 36.5 Å². The molecule has 2 aromatic heterocycles. The topological polar surface area (TPSA) is 93.3 Å². The third kappa shape index (κ3) is 4.49. The molecule has 0 spiro atoms. The molecule has 0 radical (unpaired) electrons. The average molecular weight is 474 g/mol. The molecule has 2 aromatic carbocycles. The van der Waals surface area contributed by atoms with E-state index in [1.807, 2.05) is 73.9 Å². The number of hydrogen-bond donors (Lipinski definition) is 0. The molecule has 3 heterocycles. The Hall–Kier alpha value is -4.14. The number of fused-ring (bicyclic) bond motifs is 5. The first kappa shape index (κ1) is 22.6. The van der Waals surface area contributed by atoms with Crippen LogP contribution in [0.25, 0.3) is 11.4 Å². The quantitative estimate of drug-likeness (QED) is 0.342. The summed E-state index contributed by atoms with van der Waals surface area (Å²) in [5.74, 6) is 0.967. The van der Waals surface area contributed by atoms with Gasteiger partial charge in [-0.05, 0) is 29.7 Å². The van der Waals surface area contributed by atoms with E-state index in [0.29, 0.717) is 30.2 Å². The molecule has 0 saturated carbocycles. The van der Waals surface area contributed by atoms with Gasteiger partial charge >= 0.3 is 5.97 Å². The molecular formula is C26H27N5O4. The van der Waals surface area contributed by atoms with Crippen LogP contribution in [0.3, 0.4) is 0 Å². The largest absolute Gasteiger partial charge is 0.497 e. The van der Waals surface area contributed by atoms with E-state index >= 15 is 0 Å². The van der Waals surface area contributed by atoms with Crippen LogP contribution in [0, 0.1) is 5.41 Å². The Balaban J connectivity index is 1.57. The predicted octanol–water partition coefficient (Wildman–Crippen LogP) is 4.15. The van der Waals surface area contributed by atoms with E-state index < -0.39 is 5.97 Å². The van der Waals surface area contributed by atoms with Crippen LogP contribution in [0.15, 0.2) is 54.9 Å². The Morgan fingerprint density at radius 1 is 1.03 bits per heavy atom. The van der Waals surface area contributed by atoms with E-state index in [4.69, 9.17) is 14.2 Å². The second-order valence-corrected chi connectivity index (χ2v) is 9.57. The van der Waals surface area contributed by atoms with Crippen molar-refractivity contribution < 1.29 is 19.0 Å². The van der Waals surface area contributed by atoms with Crippen LogP contribution in [0.5, 0.6) is 11.5 Å². The summed E-state index contributed by atoms with van der Waals surface area (Å²) in [6.07, 6.45) is 2.02. The fraction of sp³-hybridized carbons (Fsp3) is 0.308. The molecule has 0 aliphatic carbocycles. The van der Waals surface area contributed by atoms with Crippen LogP contribution in [0.1, 0.15) is 48.3 Å². The molecule has 0 amide bonds. The summed E-state index contributed by atoms with van der Waals surface area (Å²) in [6, 6.07) is 15.2. The highest BCUT2D eigenvalue weighted by Gasteiger charge is 2.30. The highest BCUT2D eigenvalue weighted by Crippen LogP contribution is 2.33. The van der Waals surface area contributed by atoms with Crippen molar-refractivity contribution in [3.63, 3.8) is 0 Å². The van der Waals surface area contributed by atoms with Gasteiger partial charge in [0, 0.05) is 12.5 Å². The molecule has 0 bridgehead atoms. The first-order valence-electron chi connectivity index (χ1n) is 11.4. The summed E-state index contributed by atoms with van der Waals surface area (Å²) < 4.78 is 20.7. The number of methoxy groups -OCH3 is 1. The number of rotatable bonds is 6. The molecule has 4 aromatic rings. The third-order valence-electron chi connectivity index (χ3n) is 5.66. The highest BCUT2D eigenvalue weighted by atomic mass is 16.5. The first-order valence-corrected chi connectivity index (χ1v) is 11.4. The lowest BCUT2D eigenvalue weighted by atomic mass is 9.99. The standard InChI is InChI=1S/C26H27N5O4/c1-26(2,3)15-35-25(32)24-23-13-21-19(14-34-17-8-6-5-7-9-17)28-29-31(21)22-12-18(33-4)10-11-20(22)30(23)16-27-24/h5-12,16H,13-15H2,1-4H3. The predicted molar refractivity (Wildman–Crippen MR) is 128 cm³/mol. The number of imidazole rings is 1. The molecular weight excluding hydrogens is 446 g/mol. The number of para-hydroxylation sites is 1. The van der Waals surface area contributed by atoms with E-state index in [2.05, 4.69) is 15.3 Å². The summed E-state index contributed by atoms with van der Waals surface area (Å²) in [5, 5.41) is 8.84. The Kier molecular flexibility index (Phi) is 5.76. The molecule has 9 nitrogen and oxygen atoms in total. The normalized spacial score (nSPS) is 12.2. The van der Waals surface area contributed by atoms with Crippen molar-refractivity contribution in [3.05, 3.63) is 77.6 Å². The lowest BCUT2D eigenvalue weighted by Crippen LogP contribution is -2.19. The third-order valence-corrected chi connectivity index (χ3v) is 5.66. The monoisotopic (exact) mass is 473 g/mol. The zero-order valence-electron chi connectivity index (χ0n) is 20.2.